The summed E-state index contributed by atoms with van der Waals surface area (Å²) in [4.78, 5) is 4.14. The fourth-order valence-electron chi connectivity index (χ4n) is 3.00. The summed E-state index contributed by atoms with van der Waals surface area (Å²) in [6, 6.07) is 3.20. The third-order valence-corrected chi connectivity index (χ3v) is 5.25. The Balaban J connectivity index is 2.05. The first-order chi connectivity index (χ1) is 11.4. The first-order valence-corrected chi connectivity index (χ1v) is 9.90. The van der Waals surface area contributed by atoms with Crippen molar-refractivity contribution in [2.45, 2.75) is 25.6 Å². The van der Waals surface area contributed by atoms with Crippen molar-refractivity contribution >= 4 is 20.6 Å². The molecule has 1 aliphatic rings. The van der Waals surface area contributed by atoms with Crippen molar-refractivity contribution in [2.24, 2.45) is 0 Å². The second-order valence-corrected chi connectivity index (χ2v) is 8.44. The number of halogens is 1. The van der Waals surface area contributed by atoms with Gasteiger partial charge in [0.1, 0.15) is 15.7 Å². The van der Waals surface area contributed by atoms with Crippen LogP contribution in [0.25, 0.3) is 10.8 Å². The van der Waals surface area contributed by atoms with Crippen LogP contribution in [0.1, 0.15) is 36.7 Å². The van der Waals surface area contributed by atoms with Crippen molar-refractivity contribution in [3.63, 3.8) is 0 Å². The molecule has 3 rings (SSSR count). The van der Waals surface area contributed by atoms with Gasteiger partial charge in [-0.3, -0.25) is 4.98 Å². The van der Waals surface area contributed by atoms with Gasteiger partial charge < -0.3 is 9.47 Å². The quantitative estimate of drug-likeness (QED) is 0.827. The van der Waals surface area contributed by atoms with Gasteiger partial charge in [0.25, 0.3) is 0 Å². The third-order valence-electron chi connectivity index (χ3n) is 4.27. The Morgan fingerprint density at radius 1 is 1.33 bits per heavy atom. The lowest BCUT2D eigenvalue weighted by Crippen LogP contribution is -2.09. The maximum absolute atomic E-state index is 14.8. The van der Waals surface area contributed by atoms with Crippen LogP contribution >= 0.6 is 0 Å². The highest BCUT2D eigenvalue weighted by atomic mass is 32.2. The number of sulfone groups is 1. The zero-order chi connectivity index (χ0) is 17.3. The highest BCUT2D eigenvalue weighted by molar-refractivity contribution is 7.90. The maximum Gasteiger partial charge on any atom is 0.187 e. The van der Waals surface area contributed by atoms with Crippen molar-refractivity contribution in [1.29, 1.82) is 0 Å². The van der Waals surface area contributed by atoms with Crippen molar-refractivity contribution < 1.29 is 22.3 Å². The fraction of sp³-hybridized carbons (Fsp3) is 0.471. The van der Waals surface area contributed by atoms with Crippen LogP contribution in [0, 0.1) is 5.82 Å². The molecule has 0 N–H and O–H groups in total. The molecule has 5 nitrogen and oxygen atoms in total. The van der Waals surface area contributed by atoms with Gasteiger partial charge in [-0.1, -0.05) is 6.92 Å². The number of hydrogen-bond donors (Lipinski definition) is 0. The van der Waals surface area contributed by atoms with E-state index in [-0.39, 0.29) is 11.7 Å². The molecule has 0 radical (unpaired) electrons. The van der Waals surface area contributed by atoms with Gasteiger partial charge in [-0.2, -0.15) is 0 Å². The number of nitrogens with zero attached hydrogens (tertiary/aromatic N) is 1. The Hall–Kier alpha value is -1.57. The van der Waals surface area contributed by atoms with Crippen LogP contribution < -0.4 is 0 Å². The zero-order valence-corrected chi connectivity index (χ0v) is 14.5. The Morgan fingerprint density at radius 2 is 2.04 bits per heavy atom. The van der Waals surface area contributed by atoms with Gasteiger partial charge in [0.15, 0.2) is 6.29 Å². The fourth-order valence-corrected chi connectivity index (χ4v) is 3.78. The molecule has 0 aliphatic carbocycles. The SMILES string of the molecule is CC(CCS(C)(=O)=O)c1cc(F)c(C2OCCO2)c2ccncc12. The molecule has 1 atom stereocenters. The molecule has 2 heterocycles. The molecule has 1 aliphatic heterocycles. The molecule has 1 aromatic heterocycles. The molecule has 0 amide bonds. The second-order valence-electron chi connectivity index (χ2n) is 6.18. The van der Waals surface area contributed by atoms with Gasteiger partial charge in [-0.05, 0) is 35.4 Å². The lowest BCUT2D eigenvalue weighted by Gasteiger charge is -2.19. The molecular weight excluding hydrogens is 333 g/mol. The van der Waals surface area contributed by atoms with E-state index in [1.165, 1.54) is 12.3 Å². The lowest BCUT2D eigenvalue weighted by atomic mass is 9.91. The molecule has 130 valence electrons. The minimum Gasteiger partial charge on any atom is -0.346 e. The van der Waals surface area contributed by atoms with Gasteiger partial charge in [0.2, 0.25) is 0 Å². The summed E-state index contributed by atoms with van der Waals surface area (Å²) < 4.78 is 48.5. The maximum atomic E-state index is 14.8. The first kappa shape index (κ1) is 17.3. The van der Waals surface area contributed by atoms with Crippen LogP contribution in [0.2, 0.25) is 0 Å². The van der Waals surface area contributed by atoms with Crippen LogP contribution in [0.5, 0.6) is 0 Å². The number of hydrogen-bond acceptors (Lipinski definition) is 5. The molecule has 2 aromatic rings. The van der Waals surface area contributed by atoms with E-state index >= 15 is 0 Å². The number of aromatic nitrogens is 1. The molecule has 7 heteroatoms. The molecular formula is C17H20FNO4S. The summed E-state index contributed by atoms with van der Waals surface area (Å²) in [5, 5.41) is 1.49. The molecule has 1 aromatic carbocycles. The van der Waals surface area contributed by atoms with Crippen molar-refractivity contribution in [2.75, 3.05) is 25.2 Å². The Morgan fingerprint density at radius 3 is 2.71 bits per heavy atom. The molecule has 0 spiro atoms. The highest BCUT2D eigenvalue weighted by Crippen LogP contribution is 2.36. The van der Waals surface area contributed by atoms with Gasteiger partial charge in [-0.25, -0.2) is 12.8 Å². The number of ether oxygens (including phenoxy) is 2. The number of rotatable bonds is 5. The normalized spacial score (nSPS) is 17.5. The van der Waals surface area contributed by atoms with E-state index in [1.54, 1.807) is 18.5 Å². The Bertz CT molecular complexity index is 847. The van der Waals surface area contributed by atoms with E-state index in [4.69, 9.17) is 9.47 Å². The molecule has 1 fully saturated rings. The van der Waals surface area contributed by atoms with E-state index in [1.807, 2.05) is 6.92 Å². The predicted octanol–water partition coefficient (Wildman–Crippen LogP) is 2.96. The first-order valence-electron chi connectivity index (χ1n) is 7.84. The second kappa shape index (κ2) is 6.74. The summed E-state index contributed by atoms with van der Waals surface area (Å²) >= 11 is 0. The average molecular weight is 353 g/mol. The number of pyridine rings is 1. The van der Waals surface area contributed by atoms with E-state index in [0.29, 0.717) is 30.6 Å². The minimum absolute atomic E-state index is 0.0636. The summed E-state index contributed by atoms with van der Waals surface area (Å²) in [5.41, 5.74) is 1.13. The van der Waals surface area contributed by atoms with E-state index in [9.17, 15) is 12.8 Å². The van der Waals surface area contributed by atoms with E-state index in [2.05, 4.69) is 4.98 Å². The number of benzene rings is 1. The third kappa shape index (κ3) is 3.58. The van der Waals surface area contributed by atoms with Crippen LogP contribution in [0.3, 0.4) is 0 Å². The van der Waals surface area contributed by atoms with Gasteiger partial charge >= 0.3 is 0 Å². The molecule has 24 heavy (non-hydrogen) atoms. The Kier molecular flexibility index (Phi) is 4.85. The molecule has 0 bridgehead atoms. The summed E-state index contributed by atoms with van der Waals surface area (Å²) in [7, 11) is -3.06. The lowest BCUT2D eigenvalue weighted by molar-refractivity contribution is -0.0453. The van der Waals surface area contributed by atoms with E-state index < -0.39 is 21.9 Å². The zero-order valence-electron chi connectivity index (χ0n) is 13.7. The average Bonchev–Trinajstić information content (AvgIpc) is 3.05. The van der Waals surface area contributed by atoms with Crippen molar-refractivity contribution in [1.82, 2.24) is 4.98 Å². The van der Waals surface area contributed by atoms with Gasteiger partial charge in [-0.15, -0.1) is 0 Å². The van der Waals surface area contributed by atoms with Gasteiger partial charge in [0.05, 0.1) is 24.5 Å². The standard InChI is InChI=1S/C17H20FNO4S/c1-11(4-8-24(2,20)21)13-9-15(18)16(17-22-6-7-23-17)12-3-5-19-10-14(12)13/h3,5,9-11,17H,4,6-8H2,1-2H3. The van der Waals surface area contributed by atoms with Crippen LogP contribution in [-0.2, 0) is 19.3 Å². The largest absolute Gasteiger partial charge is 0.346 e. The summed E-state index contributed by atoms with van der Waals surface area (Å²) in [6.07, 6.45) is 4.20. The minimum atomic E-state index is -3.06. The monoisotopic (exact) mass is 353 g/mol. The molecule has 0 saturated carbocycles. The summed E-state index contributed by atoms with van der Waals surface area (Å²) in [5.74, 6) is -0.448. The van der Waals surface area contributed by atoms with Crippen LogP contribution in [-0.4, -0.2) is 38.6 Å². The smallest absolute Gasteiger partial charge is 0.187 e. The molecule has 1 saturated heterocycles. The summed E-state index contributed by atoms with van der Waals surface area (Å²) in [6.45, 7) is 2.76. The Labute approximate surface area is 140 Å². The topological polar surface area (TPSA) is 65.5 Å². The van der Waals surface area contributed by atoms with Crippen molar-refractivity contribution in [3.05, 3.63) is 41.5 Å². The highest BCUT2D eigenvalue weighted by Gasteiger charge is 2.26. The number of fused-ring (bicyclic) bond motifs is 1. The van der Waals surface area contributed by atoms with Crippen molar-refractivity contribution in [3.8, 4) is 0 Å². The van der Waals surface area contributed by atoms with E-state index in [0.717, 1.165) is 10.9 Å². The van der Waals surface area contributed by atoms with Crippen LogP contribution in [0.15, 0.2) is 24.5 Å². The van der Waals surface area contributed by atoms with Gasteiger partial charge in [0, 0.05) is 24.0 Å². The van der Waals surface area contributed by atoms with Crippen LogP contribution in [0.4, 0.5) is 4.39 Å². The molecule has 1 unspecified atom stereocenters. The predicted molar refractivity (Wildman–Crippen MR) is 89.1 cm³/mol.